The topological polar surface area (TPSA) is 12.0 Å². The summed E-state index contributed by atoms with van der Waals surface area (Å²) < 4.78 is 41.2. The zero-order valence-electron chi connectivity index (χ0n) is 10.7. The van der Waals surface area contributed by atoms with Gasteiger partial charge in [-0.2, -0.15) is 0 Å². The lowest BCUT2D eigenvalue weighted by molar-refractivity contribution is 0.582. The van der Waals surface area contributed by atoms with Crippen molar-refractivity contribution >= 4 is 0 Å². The van der Waals surface area contributed by atoms with Gasteiger partial charge >= 0.3 is 0 Å². The van der Waals surface area contributed by atoms with Crippen molar-refractivity contribution in [2.24, 2.45) is 0 Å². The van der Waals surface area contributed by atoms with Crippen LogP contribution in [0.4, 0.5) is 13.2 Å². The van der Waals surface area contributed by atoms with Gasteiger partial charge in [-0.3, -0.25) is 0 Å². The minimum Gasteiger partial charge on any atom is -0.316 e. The molecule has 2 rings (SSSR count). The van der Waals surface area contributed by atoms with Crippen molar-refractivity contribution in [1.29, 1.82) is 0 Å². The molecule has 0 saturated heterocycles. The fourth-order valence-corrected chi connectivity index (χ4v) is 2.05. The molecule has 0 aliphatic heterocycles. The van der Waals surface area contributed by atoms with Crippen molar-refractivity contribution in [3.8, 4) is 11.1 Å². The molecule has 0 unspecified atom stereocenters. The van der Waals surface area contributed by atoms with Crippen LogP contribution in [0.1, 0.15) is 11.1 Å². The lowest BCUT2D eigenvalue weighted by Gasteiger charge is -2.12. The zero-order valence-corrected chi connectivity index (χ0v) is 10.7. The summed E-state index contributed by atoms with van der Waals surface area (Å²) in [6.07, 6.45) is 0. The normalized spacial score (nSPS) is 10.8. The number of aryl methyl sites for hydroxylation is 1. The minimum atomic E-state index is -0.646. The van der Waals surface area contributed by atoms with Crippen molar-refractivity contribution in [3.63, 3.8) is 0 Å². The Bertz CT molecular complexity index is 609. The van der Waals surface area contributed by atoms with Crippen LogP contribution in [0.2, 0.25) is 0 Å². The highest BCUT2D eigenvalue weighted by atomic mass is 19.1. The average Bonchev–Trinajstić information content (AvgIpc) is 2.37. The first-order valence-electron chi connectivity index (χ1n) is 5.92. The maximum Gasteiger partial charge on any atom is 0.136 e. The van der Waals surface area contributed by atoms with Crippen LogP contribution in [-0.4, -0.2) is 7.05 Å². The molecule has 0 aliphatic rings. The maximum atomic E-state index is 14.1. The van der Waals surface area contributed by atoms with Crippen molar-refractivity contribution in [1.82, 2.24) is 5.32 Å². The van der Waals surface area contributed by atoms with Crippen LogP contribution < -0.4 is 5.32 Å². The van der Waals surface area contributed by atoms with E-state index in [-0.39, 0.29) is 5.56 Å². The standard InChI is InChI=1S/C15H14F3N/c1-9-3-6-13(17)14(15(9)18)12-5-4-11(16)7-10(12)8-19-2/h3-7,19H,8H2,1-2H3. The fourth-order valence-electron chi connectivity index (χ4n) is 2.05. The highest BCUT2D eigenvalue weighted by Gasteiger charge is 2.16. The summed E-state index contributed by atoms with van der Waals surface area (Å²) in [7, 11) is 1.69. The quantitative estimate of drug-likeness (QED) is 0.890. The van der Waals surface area contributed by atoms with Gasteiger partial charge in [-0.1, -0.05) is 12.1 Å². The van der Waals surface area contributed by atoms with E-state index in [4.69, 9.17) is 0 Å². The predicted molar refractivity (Wildman–Crippen MR) is 69.3 cm³/mol. The van der Waals surface area contributed by atoms with Crippen molar-refractivity contribution < 1.29 is 13.2 Å². The molecule has 0 atom stereocenters. The van der Waals surface area contributed by atoms with Crippen LogP contribution in [0.15, 0.2) is 30.3 Å². The third-order valence-corrected chi connectivity index (χ3v) is 2.99. The van der Waals surface area contributed by atoms with Crippen molar-refractivity contribution in [2.75, 3.05) is 7.05 Å². The molecule has 4 heteroatoms. The summed E-state index contributed by atoms with van der Waals surface area (Å²) in [5.41, 5.74) is 1.14. The van der Waals surface area contributed by atoms with Gasteiger partial charge in [0.05, 0.1) is 5.56 Å². The summed E-state index contributed by atoms with van der Waals surface area (Å²) in [5.74, 6) is -1.68. The SMILES string of the molecule is CNCc1cc(F)ccc1-c1c(F)ccc(C)c1F. The maximum absolute atomic E-state index is 14.1. The lowest BCUT2D eigenvalue weighted by Crippen LogP contribution is -2.08. The van der Waals surface area contributed by atoms with Gasteiger partial charge in [0.1, 0.15) is 17.5 Å². The molecule has 2 aromatic rings. The molecule has 0 radical (unpaired) electrons. The summed E-state index contributed by atoms with van der Waals surface area (Å²) in [5, 5.41) is 2.86. The molecule has 1 N–H and O–H groups in total. The van der Waals surface area contributed by atoms with Crippen LogP contribution in [0.25, 0.3) is 11.1 Å². The third-order valence-electron chi connectivity index (χ3n) is 2.99. The Morgan fingerprint density at radius 3 is 2.47 bits per heavy atom. The molecule has 0 fully saturated rings. The van der Waals surface area contributed by atoms with Gasteiger partial charge in [-0.05, 0) is 48.9 Å². The Morgan fingerprint density at radius 2 is 1.79 bits per heavy atom. The fraction of sp³-hybridized carbons (Fsp3) is 0.200. The molecule has 0 bridgehead atoms. The van der Waals surface area contributed by atoms with E-state index < -0.39 is 17.5 Å². The number of hydrogen-bond acceptors (Lipinski definition) is 1. The molecular formula is C15H14F3N. The second-order valence-electron chi connectivity index (χ2n) is 4.39. The Labute approximate surface area is 110 Å². The summed E-state index contributed by atoms with van der Waals surface area (Å²) in [4.78, 5) is 0. The van der Waals surface area contributed by atoms with E-state index in [0.717, 1.165) is 0 Å². The van der Waals surface area contributed by atoms with E-state index in [1.807, 2.05) is 0 Å². The van der Waals surface area contributed by atoms with Crippen LogP contribution in [0.5, 0.6) is 0 Å². The first kappa shape index (κ1) is 13.6. The first-order chi connectivity index (χ1) is 9.04. The highest BCUT2D eigenvalue weighted by Crippen LogP contribution is 2.31. The molecule has 0 saturated carbocycles. The molecule has 0 heterocycles. The van der Waals surface area contributed by atoms with E-state index in [1.54, 1.807) is 14.0 Å². The average molecular weight is 265 g/mol. The molecule has 19 heavy (non-hydrogen) atoms. The molecule has 100 valence electrons. The van der Waals surface area contributed by atoms with E-state index in [1.165, 1.54) is 30.3 Å². The van der Waals surface area contributed by atoms with Gasteiger partial charge in [0.15, 0.2) is 0 Å². The molecule has 1 nitrogen and oxygen atoms in total. The lowest BCUT2D eigenvalue weighted by atomic mass is 9.97. The van der Waals surface area contributed by atoms with Crippen LogP contribution in [0.3, 0.4) is 0 Å². The van der Waals surface area contributed by atoms with Crippen molar-refractivity contribution in [3.05, 3.63) is 58.9 Å². The summed E-state index contributed by atoms with van der Waals surface area (Å²) in [6, 6.07) is 6.50. The second kappa shape index (κ2) is 5.45. The van der Waals surface area contributed by atoms with E-state index in [0.29, 0.717) is 23.2 Å². The highest BCUT2D eigenvalue weighted by molar-refractivity contribution is 5.69. The monoisotopic (exact) mass is 265 g/mol. The largest absolute Gasteiger partial charge is 0.316 e. The van der Waals surface area contributed by atoms with Gasteiger partial charge in [0.25, 0.3) is 0 Å². The Kier molecular flexibility index (Phi) is 3.90. The summed E-state index contributed by atoms with van der Waals surface area (Å²) >= 11 is 0. The number of hydrogen-bond donors (Lipinski definition) is 1. The van der Waals surface area contributed by atoms with Gasteiger partial charge in [0.2, 0.25) is 0 Å². The number of halogens is 3. The van der Waals surface area contributed by atoms with Gasteiger partial charge in [0, 0.05) is 6.54 Å². The van der Waals surface area contributed by atoms with Gasteiger partial charge in [-0.25, -0.2) is 13.2 Å². The molecule has 0 aliphatic carbocycles. The first-order valence-corrected chi connectivity index (χ1v) is 5.92. The number of benzene rings is 2. The predicted octanol–water partition coefficient (Wildman–Crippen LogP) is 3.80. The van der Waals surface area contributed by atoms with Gasteiger partial charge in [-0.15, -0.1) is 0 Å². The Hall–Kier alpha value is -1.81. The molecule has 0 amide bonds. The zero-order chi connectivity index (χ0) is 14.0. The number of rotatable bonds is 3. The Balaban J connectivity index is 2.68. The molecule has 0 spiro atoms. The Morgan fingerprint density at radius 1 is 1.05 bits per heavy atom. The third kappa shape index (κ3) is 2.63. The molecule has 2 aromatic carbocycles. The summed E-state index contributed by atoms with van der Waals surface area (Å²) in [6.45, 7) is 1.90. The molecule has 0 aromatic heterocycles. The van der Waals surface area contributed by atoms with E-state index in [2.05, 4.69) is 5.32 Å². The van der Waals surface area contributed by atoms with Crippen molar-refractivity contribution in [2.45, 2.75) is 13.5 Å². The number of nitrogens with one attached hydrogen (secondary N) is 1. The van der Waals surface area contributed by atoms with E-state index in [9.17, 15) is 13.2 Å². The van der Waals surface area contributed by atoms with E-state index >= 15 is 0 Å². The van der Waals surface area contributed by atoms with Gasteiger partial charge < -0.3 is 5.32 Å². The van der Waals surface area contributed by atoms with Crippen LogP contribution in [-0.2, 0) is 6.54 Å². The molecular weight excluding hydrogens is 251 g/mol. The minimum absolute atomic E-state index is 0.106. The smallest absolute Gasteiger partial charge is 0.136 e. The van der Waals surface area contributed by atoms with Crippen LogP contribution >= 0.6 is 0 Å². The second-order valence-corrected chi connectivity index (χ2v) is 4.39. The van der Waals surface area contributed by atoms with Crippen LogP contribution in [0, 0.1) is 24.4 Å².